The summed E-state index contributed by atoms with van der Waals surface area (Å²) in [6.07, 6.45) is 7.80. The van der Waals surface area contributed by atoms with E-state index in [9.17, 15) is 13.0 Å². The molecule has 0 radical (unpaired) electrons. The monoisotopic (exact) mass is 581 g/mol. The number of anilines is 2. The molecule has 1 atom stereocenters. The Morgan fingerprint density at radius 2 is 1.85 bits per heavy atom. The highest BCUT2D eigenvalue weighted by Crippen LogP contribution is 2.39. The Kier molecular flexibility index (Phi) is 6.79. The molecule has 8 nitrogen and oxygen atoms in total. The first-order valence-electron chi connectivity index (χ1n) is 12.3. The first-order valence-corrected chi connectivity index (χ1v) is 15.8. The molecule has 0 aliphatic heterocycles. The minimum atomic E-state index is -3.74. The van der Waals surface area contributed by atoms with E-state index in [-0.39, 0.29) is 19.0 Å². The van der Waals surface area contributed by atoms with Gasteiger partial charge >= 0.3 is 0 Å². The molecule has 5 aromatic rings. The zero-order valence-electron chi connectivity index (χ0n) is 20.6. The molecule has 2 aromatic carbocycles. The van der Waals surface area contributed by atoms with Gasteiger partial charge in [0.1, 0.15) is 39.1 Å². The fraction of sp³-hybridized carbons (Fsp3) is 0.185. The fourth-order valence-electron chi connectivity index (χ4n) is 4.97. The van der Waals surface area contributed by atoms with Gasteiger partial charge in [-0.05, 0) is 48.7 Å². The van der Waals surface area contributed by atoms with Gasteiger partial charge in [0.05, 0.1) is 10.3 Å². The van der Waals surface area contributed by atoms with Crippen molar-refractivity contribution >= 4 is 55.1 Å². The summed E-state index contributed by atoms with van der Waals surface area (Å²) >= 11 is -0.988. The zero-order valence-corrected chi connectivity index (χ0v) is 23.0. The number of fused-ring (bicyclic) bond motifs is 1. The Labute approximate surface area is 232 Å². The van der Waals surface area contributed by atoms with Crippen molar-refractivity contribution in [3.05, 3.63) is 79.0 Å². The highest BCUT2D eigenvalue weighted by atomic mass is 32.3. The Bertz CT molecular complexity index is 1770. The Morgan fingerprint density at radius 1 is 1.08 bits per heavy atom. The van der Waals surface area contributed by atoms with E-state index in [2.05, 4.69) is 19.3 Å². The average Bonchev–Trinajstić information content (AvgIpc) is 3.70. The minimum absolute atomic E-state index is 0.0294. The van der Waals surface area contributed by atoms with Crippen LogP contribution in [0.5, 0.6) is 0 Å². The Morgan fingerprint density at radius 3 is 2.59 bits per heavy atom. The average molecular weight is 582 g/mol. The maximum absolute atomic E-state index is 15.3. The number of rotatable bonds is 7. The number of benzene rings is 2. The van der Waals surface area contributed by atoms with Gasteiger partial charge < -0.3 is 14.9 Å². The zero-order chi connectivity index (χ0) is 27.1. The number of nitrogens with zero attached hydrogens (tertiary/aromatic N) is 3. The first-order chi connectivity index (χ1) is 18.8. The van der Waals surface area contributed by atoms with Crippen molar-refractivity contribution in [3.63, 3.8) is 0 Å². The van der Waals surface area contributed by atoms with E-state index in [0.717, 1.165) is 48.2 Å². The SMILES string of the molecule is Nc1ncnc2c1c(-c1ccc(N[S+]([O-])c3ccc(S(=O)(=O)c4ccccc4)s3)c(F)c1)cn2C1CCCC1. The molecule has 0 spiro atoms. The van der Waals surface area contributed by atoms with Gasteiger partial charge in [-0.25, -0.2) is 22.8 Å². The molecule has 0 saturated heterocycles. The third kappa shape index (κ3) is 4.78. The predicted molar refractivity (Wildman–Crippen MR) is 151 cm³/mol. The maximum Gasteiger partial charge on any atom is 0.234 e. The number of nitrogens with two attached hydrogens (primary N) is 1. The second kappa shape index (κ2) is 10.3. The molecule has 6 rings (SSSR count). The van der Waals surface area contributed by atoms with Gasteiger partial charge in [-0.3, -0.25) is 0 Å². The van der Waals surface area contributed by atoms with Gasteiger partial charge in [0.2, 0.25) is 14.0 Å². The lowest BCUT2D eigenvalue weighted by molar-refractivity contribution is 0.532. The lowest BCUT2D eigenvalue weighted by Crippen LogP contribution is -2.12. The fourth-order valence-corrected chi connectivity index (χ4v) is 8.94. The molecule has 3 aromatic heterocycles. The molecule has 0 bridgehead atoms. The number of thiophene rings is 1. The van der Waals surface area contributed by atoms with Gasteiger partial charge in [0.15, 0.2) is 5.82 Å². The number of nitrogen functional groups attached to an aromatic ring is 1. The predicted octanol–water partition coefficient (Wildman–Crippen LogP) is 5.96. The summed E-state index contributed by atoms with van der Waals surface area (Å²) in [6, 6.07) is 15.8. The third-order valence-electron chi connectivity index (χ3n) is 6.90. The molecule has 1 saturated carbocycles. The Hall–Kier alpha value is -3.45. The Balaban J connectivity index is 1.27. The van der Waals surface area contributed by atoms with Crippen LogP contribution in [0.4, 0.5) is 15.9 Å². The number of hydrogen-bond donors (Lipinski definition) is 2. The van der Waals surface area contributed by atoms with Crippen LogP contribution in [0.25, 0.3) is 22.2 Å². The molecular weight excluding hydrogens is 558 g/mol. The quantitative estimate of drug-likeness (QED) is 0.227. The molecule has 1 unspecified atom stereocenters. The van der Waals surface area contributed by atoms with Crippen LogP contribution in [0.15, 0.2) is 86.5 Å². The molecule has 12 heteroatoms. The van der Waals surface area contributed by atoms with E-state index in [0.29, 0.717) is 22.8 Å². The van der Waals surface area contributed by atoms with Crippen molar-refractivity contribution < 1.29 is 17.4 Å². The van der Waals surface area contributed by atoms with Gasteiger partial charge in [-0.1, -0.05) is 48.4 Å². The summed E-state index contributed by atoms with van der Waals surface area (Å²) < 4.78 is 59.1. The molecule has 0 amide bonds. The standard InChI is InChI=1S/C27H24FN5O3S3/c28-21-14-17(20-15-33(18-6-4-5-7-18)27-25(20)26(29)30-16-31-27)10-11-22(21)32-38(34)23-12-13-24(37-23)39(35,36)19-8-2-1-3-9-19/h1-3,8-16,18,32H,4-7H2,(H2,29,30,31). The van der Waals surface area contributed by atoms with Gasteiger partial charge in [-0.2, -0.15) is 4.72 Å². The van der Waals surface area contributed by atoms with Crippen LogP contribution in [-0.4, -0.2) is 27.5 Å². The number of halogens is 1. The molecule has 3 heterocycles. The van der Waals surface area contributed by atoms with Crippen molar-refractivity contribution in [3.8, 4) is 11.1 Å². The normalized spacial score (nSPS) is 15.1. The lowest BCUT2D eigenvalue weighted by Gasteiger charge is -2.12. The first kappa shape index (κ1) is 25.8. The summed E-state index contributed by atoms with van der Waals surface area (Å²) in [5.41, 5.74) is 8.31. The van der Waals surface area contributed by atoms with E-state index in [1.54, 1.807) is 24.3 Å². The number of nitrogens with one attached hydrogen (secondary N) is 1. The second-order valence-corrected chi connectivity index (χ2v) is 14.0. The summed E-state index contributed by atoms with van der Waals surface area (Å²) in [6.45, 7) is 0. The van der Waals surface area contributed by atoms with Gasteiger partial charge in [0, 0.05) is 23.9 Å². The van der Waals surface area contributed by atoms with Crippen molar-refractivity contribution in [2.24, 2.45) is 0 Å². The summed E-state index contributed by atoms with van der Waals surface area (Å²) in [4.78, 5) is 8.77. The van der Waals surface area contributed by atoms with E-state index >= 15 is 4.39 Å². The minimum Gasteiger partial charge on any atom is -0.587 e. The summed E-state index contributed by atoms with van der Waals surface area (Å²) in [7, 11) is -3.74. The molecule has 1 aliphatic carbocycles. The highest BCUT2D eigenvalue weighted by Gasteiger charge is 2.26. The number of sulfone groups is 1. The van der Waals surface area contributed by atoms with E-state index in [1.165, 1.54) is 42.7 Å². The van der Waals surface area contributed by atoms with Crippen LogP contribution in [-0.2, 0) is 21.2 Å². The molecule has 1 fully saturated rings. The molecule has 3 N–H and O–H groups in total. The molecule has 39 heavy (non-hydrogen) atoms. The van der Waals surface area contributed by atoms with Crippen molar-refractivity contribution in [2.75, 3.05) is 10.5 Å². The summed E-state index contributed by atoms with van der Waals surface area (Å²) in [5, 5.41) is 0.679. The van der Waals surface area contributed by atoms with Crippen LogP contribution in [0.2, 0.25) is 0 Å². The van der Waals surface area contributed by atoms with Gasteiger partial charge in [0.25, 0.3) is 0 Å². The third-order valence-corrected chi connectivity index (χ3v) is 11.6. The summed E-state index contributed by atoms with van der Waals surface area (Å²) in [5.74, 6) is -0.277. The van der Waals surface area contributed by atoms with E-state index < -0.39 is 27.0 Å². The smallest absolute Gasteiger partial charge is 0.234 e. The van der Waals surface area contributed by atoms with Crippen LogP contribution >= 0.6 is 11.3 Å². The largest absolute Gasteiger partial charge is 0.587 e. The van der Waals surface area contributed by atoms with Crippen LogP contribution in [0.1, 0.15) is 31.7 Å². The number of aromatic nitrogens is 3. The van der Waals surface area contributed by atoms with Crippen molar-refractivity contribution in [1.82, 2.24) is 14.5 Å². The van der Waals surface area contributed by atoms with Crippen molar-refractivity contribution in [2.45, 2.75) is 45.0 Å². The number of hydrogen-bond acceptors (Lipinski definition) is 8. The molecule has 1 aliphatic rings. The lowest BCUT2D eigenvalue weighted by atomic mass is 10.1. The van der Waals surface area contributed by atoms with Crippen LogP contribution < -0.4 is 10.5 Å². The molecular formula is C27H24FN5O3S3. The van der Waals surface area contributed by atoms with E-state index in [1.807, 2.05) is 6.20 Å². The van der Waals surface area contributed by atoms with Gasteiger partial charge in [-0.15, -0.1) is 0 Å². The highest BCUT2D eigenvalue weighted by molar-refractivity contribution is 7.96. The molecule has 200 valence electrons. The van der Waals surface area contributed by atoms with Crippen LogP contribution in [0, 0.1) is 5.82 Å². The maximum atomic E-state index is 15.3. The van der Waals surface area contributed by atoms with E-state index in [4.69, 9.17) is 5.73 Å². The second-order valence-electron chi connectivity index (χ2n) is 9.30. The van der Waals surface area contributed by atoms with Crippen molar-refractivity contribution in [1.29, 1.82) is 0 Å². The van der Waals surface area contributed by atoms with Crippen LogP contribution in [0.3, 0.4) is 0 Å². The topological polar surface area (TPSA) is 126 Å².